The van der Waals surface area contributed by atoms with Crippen molar-refractivity contribution in [3.63, 3.8) is 0 Å². The molecule has 0 radical (unpaired) electrons. The van der Waals surface area contributed by atoms with Gasteiger partial charge in [-0.2, -0.15) is 0 Å². The van der Waals surface area contributed by atoms with Gasteiger partial charge in [0.2, 0.25) is 5.88 Å². The summed E-state index contributed by atoms with van der Waals surface area (Å²) in [7, 11) is 3.83. The van der Waals surface area contributed by atoms with E-state index in [0.717, 1.165) is 47.2 Å². The highest BCUT2D eigenvalue weighted by Gasteiger charge is 2.51. The number of hydrogen-bond acceptors (Lipinski definition) is 6. The lowest BCUT2D eigenvalue weighted by molar-refractivity contribution is -0.846. The first-order valence-electron chi connectivity index (χ1n) is 8.82. The second-order valence-electron chi connectivity index (χ2n) is 7.61. The van der Waals surface area contributed by atoms with Crippen LogP contribution in [0.1, 0.15) is 12.8 Å². The average molecular weight is 392 g/mol. The Balaban J connectivity index is 1.38. The van der Waals surface area contributed by atoms with E-state index in [4.69, 9.17) is 17.0 Å². The van der Waals surface area contributed by atoms with Crippen molar-refractivity contribution in [2.45, 2.75) is 18.4 Å². The van der Waals surface area contributed by atoms with Crippen molar-refractivity contribution in [1.29, 1.82) is 0 Å². The monoisotopic (exact) mass is 392 g/mol. The molecular weight excluding hydrogens is 369 g/mol. The zero-order valence-electron chi connectivity index (χ0n) is 15.0. The molecule has 138 valence electrons. The number of fused-ring (bicyclic) bond motifs is 4. The molecule has 2 bridgehead atoms. The number of ether oxygens (including phenoxy) is 1. The van der Waals surface area contributed by atoms with Crippen LogP contribution >= 0.6 is 23.6 Å². The first-order chi connectivity index (χ1) is 12.4. The average Bonchev–Trinajstić information content (AvgIpc) is 3.01. The van der Waals surface area contributed by atoms with Crippen molar-refractivity contribution in [3.05, 3.63) is 12.1 Å². The maximum absolute atomic E-state index is 11.1. The maximum Gasteiger partial charge on any atom is 0.372 e. The first-order valence-corrected chi connectivity index (χ1v) is 10.0. The van der Waals surface area contributed by atoms with E-state index in [2.05, 4.69) is 28.6 Å². The van der Waals surface area contributed by atoms with Crippen LogP contribution in [0.5, 0.6) is 5.88 Å². The highest BCUT2D eigenvalue weighted by Crippen LogP contribution is 2.38. The maximum atomic E-state index is 11.1. The highest BCUT2D eigenvalue weighted by molar-refractivity contribution is 7.80. The van der Waals surface area contributed by atoms with Gasteiger partial charge in [0.25, 0.3) is 0 Å². The van der Waals surface area contributed by atoms with Crippen molar-refractivity contribution in [2.75, 3.05) is 38.6 Å². The number of nitrogens with zero attached hydrogens (tertiary/aromatic N) is 3. The van der Waals surface area contributed by atoms with Crippen molar-refractivity contribution < 1.29 is 14.2 Å². The third kappa shape index (κ3) is 3.38. The summed E-state index contributed by atoms with van der Waals surface area (Å²) in [6.07, 6.45) is 2.17. The third-order valence-electron chi connectivity index (χ3n) is 5.66. The lowest BCUT2D eigenvalue weighted by Gasteiger charge is -2.56. The van der Waals surface area contributed by atoms with E-state index in [1.165, 1.54) is 11.3 Å². The van der Waals surface area contributed by atoms with Crippen LogP contribution in [0.2, 0.25) is 0 Å². The number of thiazole rings is 1. The minimum absolute atomic E-state index is 0.358. The Morgan fingerprint density at radius 1 is 1.46 bits per heavy atom. The van der Waals surface area contributed by atoms with Gasteiger partial charge in [0.15, 0.2) is 10.2 Å². The molecule has 7 nitrogen and oxygen atoms in total. The number of aliphatic hydroxyl groups is 1. The van der Waals surface area contributed by atoms with Gasteiger partial charge in [-0.3, -0.25) is 0 Å². The van der Waals surface area contributed by atoms with Gasteiger partial charge in [0.05, 0.1) is 33.3 Å². The summed E-state index contributed by atoms with van der Waals surface area (Å²) in [5, 5.41) is 18.6. The van der Waals surface area contributed by atoms with E-state index in [-0.39, 0.29) is 0 Å². The molecule has 0 saturated carbocycles. The normalized spacial score (nSPS) is 30.3. The molecule has 0 aromatic carbocycles. The van der Waals surface area contributed by atoms with E-state index >= 15 is 0 Å². The fourth-order valence-electron chi connectivity index (χ4n) is 4.22. The van der Waals surface area contributed by atoms with Crippen LogP contribution < -0.4 is 15.4 Å². The number of aromatic nitrogens is 2. The lowest BCUT2D eigenvalue weighted by Crippen LogP contribution is -2.70. The Labute approximate surface area is 162 Å². The fourth-order valence-corrected chi connectivity index (χ4v) is 5.29. The fraction of sp³-hybridized carbons (Fsp3) is 0.562. The Hall–Kier alpha value is -1.49. The van der Waals surface area contributed by atoms with Gasteiger partial charge in [-0.15, -0.1) is 0 Å². The van der Waals surface area contributed by atoms with E-state index < -0.39 is 5.60 Å². The Morgan fingerprint density at radius 3 is 2.92 bits per heavy atom. The number of quaternary nitrogens is 1. The van der Waals surface area contributed by atoms with Crippen LogP contribution in [-0.2, 0) is 0 Å². The number of anilines is 1. The largest absolute Gasteiger partial charge is 0.481 e. The van der Waals surface area contributed by atoms with Gasteiger partial charge in [-0.05, 0) is 18.3 Å². The number of pyridine rings is 1. The first kappa shape index (κ1) is 17.9. The molecule has 3 saturated heterocycles. The topological polar surface area (TPSA) is 79.3 Å². The minimum Gasteiger partial charge on any atom is -0.481 e. The molecular formula is C16H23BN5O2S2+. The number of rotatable bonds is 4. The Bertz CT molecular complexity index is 839. The quantitative estimate of drug-likeness (QED) is 0.517. The molecule has 3 fully saturated rings. The van der Waals surface area contributed by atoms with Crippen molar-refractivity contribution in [1.82, 2.24) is 15.3 Å². The van der Waals surface area contributed by atoms with Crippen LogP contribution in [0.25, 0.3) is 10.3 Å². The second kappa shape index (κ2) is 6.59. The predicted molar refractivity (Wildman–Crippen MR) is 109 cm³/mol. The summed E-state index contributed by atoms with van der Waals surface area (Å²) >= 11 is 6.83. The molecule has 0 spiro atoms. The summed E-state index contributed by atoms with van der Waals surface area (Å²) in [4.78, 5) is 9.65. The third-order valence-corrected chi connectivity index (χ3v) is 6.79. The van der Waals surface area contributed by atoms with E-state index in [0.29, 0.717) is 28.6 Å². The lowest BCUT2D eigenvalue weighted by atomic mass is 9.72. The second-order valence-corrected chi connectivity index (χ2v) is 8.99. The molecule has 0 amide bonds. The smallest absolute Gasteiger partial charge is 0.372 e. The number of hydrogen-bond donors (Lipinski definition) is 3. The van der Waals surface area contributed by atoms with Crippen molar-refractivity contribution in [2.24, 2.45) is 5.92 Å². The van der Waals surface area contributed by atoms with Crippen LogP contribution in [0.3, 0.4) is 0 Å². The van der Waals surface area contributed by atoms with Crippen LogP contribution in [-0.4, -0.2) is 71.5 Å². The Kier molecular flexibility index (Phi) is 4.54. The molecule has 2 aromatic heterocycles. The van der Waals surface area contributed by atoms with E-state index in [1.54, 1.807) is 13.2 Å². The molecule has 5 heterocycles. The standard InChI is InChI=1S/C16H22BN5O2S2/c1-24-12-3-2-11-13(20-12)26-15(19-11)21-14(25)18-8-16(23)9-22(17)6-4-10(16)5-7-22/h2-3,10,23H,4-9,17H2,1H3,(H-,18,19,21,25)/p+1. The summed E-state index contributed by atoms with van der Waals surface area (Å²) in [5.41, 5.74) is 0.106. The Morgan fingerprint density at radius 2 is 2.23 bits per heavy atom. The molecule has 3 aliphatic heterocycles. The van der Waals surface area contributed by atoms with Crippen LogP contribution in [0, 0.1) is 5.92 Å². The van der Waals surface area contributed by atoms with E-state index in [9.17, 15) is 5.11 Å². The zero-order valence-corrected chi connectivity index (χ0v) is 16.6. The van der Waals surface area contributed by atoms with Gasteiger partial charge < -0.3 is 24.9 Å². The molecule has 26 heavy (non-hydrogen) atoms. The van der Waals surface area contributed by atoms with Gasteiger partial charge in [0.1, 0.15) is 15.9 Å². The van der Waals surface area contributed by atoms with E-state index in [1.807, 2.05) is 6.07 Å². The molecule has 2 aromatic rings. The van der Waals surface area contributed by atoms with Crippen molar-refractivity contribution >= 4 is 52.1 Å². The predicted octanol–water partition coefficient (Wildman–Crippen LogP) is 0.506. The number of thiocarbonyl (C=S) groups is 1. The summed E-state index contributed by atoms with van der Waals surface area (Å²) in [5.74, 6) is 0.923. The molecule has 1 unspecified atom stereocenters. The summed E-state index contributed by atoms with van der Waals surface area (Å²) in [6, 6.07) is 3.66. The van der Waals surface area contributed by atoms with Gasteiger partial charge in [-0.25, -0.2) is 9.97 Å². The SMILES string of the molecule is B[N+]12CCC(CC1)C(O)(CNC(=S)Nc1nc3ccc(OC)nc3s1)C2. The minimum atomic E-state index is -0.695. The zero-order chi connectivity index (χ0) is 18.4. The van der Waals surface area contributed by atoms with Gasteiger partial charge >= 0.3 is 7.98 Å². The number of nitrogens with one attached hydrogen (secondary N) is 2. The molecule has 3 N–H and O–H groups in total. The molecule has 10 heteroatoms. The number of methoxy groups -OCH3 is 1. The van der Waals surface area contributed by atoms with Gasteiger partial charge in [-0.1, -0.05) is 11.3 Å². The number of piperidine rings is 3. The van der Waals surface area contributed by atoms with Crippen molar-refractivity contribution in [3.8, 4) is 5.88 Å². The molecule has 1 atom stereocenters. The van der Waals surface area contributed by atoms with Crippen LogP contribution in [0.15, 0.2) is 12.1 Å². The molecule has 5 rings (SSSR count). The van der Waals surface area contributed by atoms with Crippen LogP contribution in [0.4, 0.5) is 5.13 Å². The molecule has 0 aliphatic carbocycles. The summed E-state index contributed by atoms with van der Waals surface area (Å²) in [6.45, 7) is 3.59. The summed E-state index contributed by atoms with van der Waals surface area (Å²) < 4.78 is 6.10. The highest BCUT2D eigenvalue weighted by atomic mass is 32.1. The van der Waals surface area contributed by atoms with Gasteiger partial charge in [0, 0.05) is 24.8 Å². The molecule has 3 aliphatic rings.